The van der Waals surface area contributed by atoms with Crippen molar-refractivity contribution in [2.75, 3.05) is 19.7 Å². The van der Waals surface area contributed by atoms with Gasteiger partial charge >= 0.3 is 11.9 Å². The summed E-state index contributed by atoms with van der Waals surface area (Å²) in [6.07, 6.45) is 2.50. The molecule has 0 aromatic rings. The summed E-state index contributed by atoms with van der Waals surface area (Å²) in [5.74, 6) is -1.21. The molecule has 0 radical (unpaired) electrons. The predicted octanol–water partition coefficient (Wildman–Crippen LogP) is 0.554. The molecule has 0 amide bonds. The Balaban J connectivity index is 1.96. The molecule has 0 bridgehead atoms. The maximum Gasteiger partial charge on any atom is 0.338 e. The van der Waals surface area contributed by atoms with E-state index in [1.165, 1.54) is 13.8 Å². The van der Waals surface area contributed by atoms with Crippen molar-refractivity contribution in [3.8, 4) is 0 Å². The fraction of sp³-hybridized carbons (Fsp3) is 0.667. The van der Waals surface area contributed by atoms with E-state index in [1.807, 2.05) is 6.08 Å². The van der Waals surface area contributed by atoms with Gasteiger partial charge in [0.05, 0.1) is 11.6 Å². The lowest BCUT2D eigenvalue weighted by atomic mass is 10.0. The molecule has 3 atom stereocenters. The minimum atomic E-state index is -1.61. The van der Waals surface area contributed by atoms with Crippen molar-refractivity contribution in [3.63, 3.8) is 0 Å². The van der Waals surface area contributed by atoms with Crippen molar-refractivity contribution in [2.24, 2.45) is 0 Å². The largest absolute Gasteiger partial charge is 0.459 e. The Labute approximate surface area is 147 Å². The van der Waals surface area contributed by atoms with Gasteiger partial charge in [-0.25, -0.2) is 9.59 Å². The van der Waals surface area contributed by atoms with Gasteiger partial charge in [0, 0.05) is 18.7 Å². The first-order valence-electron chi connectivity index (χ1n) is 8.49. The second kappa shape index (κ2) is 7.68. The number of carbonyl (C=O) groups is 2. The third kappa shape index (κ3) is 4.48. The SMILES string of the molecule is C/C=C(\C)C(=O)O[C@@H]1CCN2CC=C(COC(=O)C(O)C(C)(C)O)C12. The van der Waals surface area contributed by atoms with Crippen LogP contribution in [0.15, 0.2) is 23.3 Å². The van der Waals surface area contributed by atoms with Crippen LogP contribution in [0.3, 0.4) is 0 Å². The van der Waals surface area contributed by atoms with E-state index in [0.29, 0.717) is 12.1 Å². The summed E-state index contributed by atoms with van der Waals surface area (Å²) in [6.45, 7) is 7.69. The lowest BCUT2D eigenvalue weighted by Crippen LogP contribution is -2.43. The molecule has 0 aromatic carbocycles. The molecule has 25 heavy (non-hydrogen) atoms. The fourth-order valence-electron chi connectivity index (χ4n) is 3.00. The quantitative estimate of drug-likeness (QED) is 0.409. The first-order valence-corrected chi connectivity index (χ1v) is 8.49. The Morgan fingerprint density at radius 1 is 1.48 bits per heavy atom. The Hall–Kier alpha value is -1.70. The molecule has 2 aliphatic heterocycles. The van der Waals surface area contributed by atoms with Gasteiger partial charge in [0.2, 0.25) is 0 Å². The molecule has 2 N–H and O–H groups in total. The Bertz CT molecular complexity index is 589. The molecule has 7 nitrogen and oxygen atoms in total. The molecular weight excluding hydrogens is 326 g/mol. The Morgan fingerprint density at radius 2 is 2.16 bits per heavy atom. The smallest absolute Gasteiger partial charge is 0.338 e. The van der Waals surface area contributed by atoms with Gasteiger partial charge in [-0.1, -0.05) is 12.2 Å². The highest BCUT2D eigenvalue weighted by molar-refractivity contribution is 5.87. The molecule has 2 aliphatic rings. The number of hydrogen-bond acceptors (Lipinski definition) is 7. The van der Waals surface area contributed by atoms with Gasteiger partial charge < -0.3 is 19.7 Å². The first kappa shape index (κ1) is 19.6. The summed E-state index contributed by atoms with van der Waals surface area (Å²) in [5.41, 5.74) is -0.158. The van der Waals surface area contributed by atoms with Crippen molar-refractivity contribution in [2.45, 2.75) is 58.0 Å². The maximum absolute atomic E-state index is 12.0. The highest BCUT2D eigenvalue weighted by Crippen LogP contribution is 2.31. The summed E-state index contributed by atoms with van der Waals surface area (Å²) in [4.78, 5) is 26.0. The van der Waals surface area contributed by atoms with Gasteiger partial charge in [-0.3, -0.25) is 4.90 Å². The minimum absolute atomic E-state index is 0.00376. The average molecular weight is 353 g/mol. The molecule has 2 rings (SSSR count). The lowest BCUT2D eigenvalue weighted by molar-refractivity contribution is -0.165. The van der Waals surface area contributed by atoms with Gasteiger partial charge in [0.15, 0.2) is 6.10 Å². The van der Waals surface area contributed by atoms with Crippen LogP contribution >= 0.6 is 0 Å². The van der Waals surface area contributed by atoms with Gasteiger partial charge in [0.25, 0.3) is 0 Å². The number of allylic oxidation sites excluding steroid dienone is 1. The van der Waals surface area contributed by atoms with Crippen molar-refractivity contribution in [3.05, 3.63) is 23.3 Å². The maximum atomic E-state index is 12.0. The Morgan fingerprint density at radius 3 is 2.76 bits per heavy atom. The number of fused-ring (bicyclic) bond motifs is 1. The van der Waals surface area contributed by atoms with Gasteiger partial charge in [-0.05, 0) is 39.7 Å². The summed E-state index contributed by atoms with van der Waals surface area (Å²) in [5, 5.41) is 19.4. The molecule has 140 valence electrons. The third-order valence-corrected chi connectivity index (χ3v) is 4.70. The second-order valence-corrected chi connectivity index (χ2v) is 7.09. The van der Waals surface area contributed by atoms with Gasteiger partial charge in [0.1, 0.15) is 12.7 Å². The summed E-state index contributed by atoms with van der Waals surface area (Å²) in [6, 6.07) is -0.110. The van der Waals surface area contributed by atoms with Crippen molar-refractivity contribution >= 4 is 11.9 Å². The Kier molecular flexibility index (Phi) is 6.03. The fourth-order valence-corrected chi connectivity index (χ4v) is 3.00. The molecule has 1 fully saturated rings. The van der Waals surface area contributed by atoms with E-state index in [1.54, 1.807) is 19.9 Å². The van der Waals surface area contributed by atoms with Crippen molar-refractivity contribution in [1.29, 1.82) is 0 Å². The van der Waals surface area contributed by atoms with E-state index in [-0.39, 0.29) is 24.7 Å². The number of nitrogens with zero attached hydrogens (tertiary/aromatic N) is 1. The zero-order valence-corrected chi connectivity index (χ0v) is 15.2. The molecular formula is C18H27NO6. The van der Waals surface area contributed by atoms with E-state index < -0.39 is 17.7 Å². The van der Waals surface area contributed by atoms with Crippen LogP contribution in [-0.2, 0) is 19.1 Å². The number of carbonyl (C=O) groups excluding carboxylic acids is 2. The monoisotopic (exact) mass is 353 g/mol. The third-order valence-electron chi connectivity index (χ3n) is 4.70. The number of esters is 2. The van der Waals surface area contributed by atoms with Crippen LogP contribution in [-0.4, -0.2) is 70.6 Å². The van der Waals surface area contributed by atoms with E-state index in [9.17, 15) is 19.8 Å². The number of ether oxygens (including phenoxy) is 2. The van der Waals surface area contributed by atoms with Crippen LogP contribution < -0.4 is 0 Å². The van der Waals surface area contributed by atoms with E-state index in [4.69, 9.17) is 9.47 Å². The minimum Gasteiger partial charge on any atom is -0.459 e. The second-order valence-electron chi connectivity index (χ2n) is 7.09. The lowest BCUT2D eigenvalue weighted by Gasteiger charge is -2.25. The van der Waals surface area contributed by atoms with Crippen molar-refractivity contribution < 1.29 is 29.3 Å². The van der Waals surface area contributed by atoms with E-state index in [2.05, 4.69) is 4.90 Å². The van der Waals surface area contributed by atoms with Crippen LogP contribution in [0.5, 0.6) is 0 Å². The highest BCUT2D eigenvalue weighted by atomic mass is 16.6. The van der Waals surface area contributed by atoms with Crippen LogP contribution in [0.25, 0.3) is 0 Å². The number of rotatable bonds is 6. The zero-order chi connectivity index (χ0) is 18.8. The molecule has 2 heterocycles. The van der Waals surface area contributed by atoms with Gasteiger partial charge in [-0.2, -0.15) is 0 Å². The topological polar surface area (TPSA) is 96.3 Å². The summed E-state index contributed by atoms with van der Waals surface area (Å²) >= 11 is 0. The number of hydrogen-bond donors (Lipinski definition) is 2. The van der Waals surface area contributed by atoms with Crippen LogP contribution in [0.1, 0.15) is 34.1 Å². The molecule has 7 heteroatoms. The molecule has 2 unspecified atom stereocenters. The highest BCUT2D eigenvalue weighted by Gasteiger charge is 2.42. The van der Waals surface area contributed by atoms with Gasteiger partial charge in [-0.15, -0.1) is 0 Å². The standard InChI is InChI=1S/C18H27NO6/c1-5-11(2)16(21)25-13-7-9-19-8-6-12(14(13)19)10-24-17(22)15(20)18(3,4)23/h5-6,13-15,20,23H,7-10H2,1-4H3/b11-5+/t13-,14?,15?/m1/s1. The molecule has 0 saturated carbocycles. The summed E-state index contributed by atoms with van der Waals surface area (Å²) in [7, 11) is 0. The molecule has 0 spiro atoms. The van der Waals surface area contributed by atoms with E-state index in [0.717, 1.165) is 18.5 Å². The number of aliphatic hydroxyl groups excluding tert-OH is 1. The molecule has 0 aromatic heterocycles. The number of aliphatic hydroxyl groups is 2. The zero-order valence-electron chi connectivity index (χ0n) is 15.2. The summed E-state index contributed by atoms with van der Waals surface area (Å²) < 4.78 is 10.7. The van der Waals surface area contributed by atoms with Crippen LogP contribution in [0.4, 0.5) is 0 Å². The van der Waals surface area contributed by atoms with Crippen molar-refractivity contribution in [1.82, 2.24) is 4.90 Å². The molecule has 1 saturated heterocycles. The predicted molar refractivity (Wildman–Crippen MR) is 90.6 cm³/mol. The first-order chi connectivity index (χ1) is 11.6. The van der Waals surface area contributed by atoms with E-state index >= 15 is 0 Å². The molecule has 0 aliphatic carbocycles. The van der Waals surface area contributed by atoms with Crippen LogP contribution in [0.2, 0.25) is 0 Å². The average Bonchev–Trinajstić information content (AvgIpc) is 3.13. The normalized spacial score (nSPS) is 25.4. The van der Waals surface area contributed by atoms with Crippen LogP contribution in [0, 0.1) is 0 Å².